The molecule has 1 aromatic carbocycles. The van der Waals surface area contributed by atoms with Crippen LogP contribution in [0.4, 0.5) is 5.69 Å². The number of carbonyl (C=O) groups excluding carboxylic acids is 3. The predicted octanol–water partition coefficient (Wildman–Crippen LogP) is 1.14. The lowest BCUT2D eigenvalue weighted by molar-refractivity contribution is -0.142. The first-order valence-corrected chi connectivity index (χ1v) is 8.68. The third-order valence-corrected chi connectivity index (χ3v) is 4.76. The zero-order valence-corrected chi connectivity index (χ0v) is 14.1. The van der Waals surface area contributed by atoms with Gasteiger partial charge in [-0.15, -0.1) is 0 Å². The third-order valence-electron chi connectivity index (χ3n) is 4.76. The van der Waals surface area contributed by atoms with Gasteiger partial charge in [0.1, 0.15) is 18.9 Å². The minimum Gasteiger partial charge on any atom is -0.492 e. The number of nitrogens with two attached hydrogens (primary N) is 1. The summed E-state index contributed by atoms with van der Waals surface area (Å²) in [6, 6.07) is 6.87. The third kappa shape index (κ3) is 3.82. The minimum absolute atomic E-state index is 0.199. The Morgan fingerprint density at radius 1 is 1.12 bits per heavy atom. The number of fused-ring (bicyclic) bond motifs is 1. The van der Waals surface area contributed by atoms with Crippen molar-refractivity contribution in [3.8, 4) is 5.75 Å². The molecular weight excluding hydrogens is 322 g/mol. The van der Waals surface area contributed by atoms with E-state index in [1.54, 1.807) is 24.3 Å². The van der Waals surface area contributed by atoms with E-state index in [1.165, 1.54) is 0 Å². The van der Waals surface area contributed by atoms with Crippen molar-refractivity contribution in [3.05, 3.63) is 24.3 Å². The summed E-state index contributed by atoms with van der Waals surface area (Å²) >= 11 is 0. The van der Waals surface area contributed by atoms with Crippen LogP contribution in [0.3, 0.4) is 0 Å². The molecular formula is C18H23N3O4. The van der Waals surface area contributed by atoms with Crippen molar-refractivity contribution in [3.63, 3.8) is 0 Å². The van der Waals surface area contributed by atoms with E-state index in [-0.39, 0.29) is 36.1 Å². The summed E-state index contributed by atoms with van der Waals surface area (Å²) in [5.41, 5.74) is 5.96. The summed E-state index contributed by atoms with van der Waals surface area (Å²) in [5, 5.41) is 2.71. The van der Waals surface area contributed by atoms with Crippen LogP contribution in [0, 0.1) is 11.8 Å². The molecule has 1 saturated carbocycles. The summed E-state index contributed by atoms with van der Waals surface area (Å²) < 4.78 is 5.37. The van der Waals surface area contributed by atoms with Gasteiger partial charge in [-0.3, -0.25) is 19.3 Å². The predicted molar refractivity (Wildman–Crippen MR) is 91.8 cm³/mol. The van der Waals surface area contributed by atoms with Gasteiger partial charge < -0.3 is 15.8 Å². The molecule has 0 spiro atoms. The molecule has 3 rings (SSSR count). The Labute approximate surface area is 146 Å². The number of imide groups is 1. The average Bonchev–Trinajstić information content (AvgIpc) is 2.86. The summed E-state index contributed by atoms with van der Waals surface area (Å²) in [7, 11) is 0. The van der Waals surface area contributed by atoms with E-state index in [2.05, 4.69) is 5.32 Å². The fourth-order valence-electron chi connectivity index (χ4n) is 3.54. The number of amides is 3. The van der Waals surface area contributed by atoms with Gasteiger partial charge in [-0.2, -0.15) is 0 Å². The number of hydrogen-bond acceptors (Lipinski definition) is 5. The largest absolute Gasteiger partial charge is 0.492 e. The van der Waals surface area contributed by atoms with Crippen LogP contribution in [0.15, 0.2) is 24.3 Å². The molecule has 0 radical (unpaired) electrons. The van der Waals surface area contributed by atoms with Crippen LogP contribution < -0.4 is 15.8 Å². The number of likely N-dealkylation sites (tertiary alicyclic amines) is 1. The minimum atomic E-state index is -0.379. The van der Waals surface area contributed by atoms with Crippen molar-refractivity contribution < 1.29 is 19.1 Å². The highest BCUT2D eigenvalue weighted by Gasteiger charge is 2.48. The first-order chi connectivity index (χ1) is 12.1. The monoisotopic (exact) mass is 345 g/mol. The van der Waals surface area contributed by atoms with E-state index in [9.17, 15) is 14.4 Å². The van der Waals surface area contributed by atoms with E-state index >= 15 is 0 Å². The number of anilines is 1. The first kappa shape index (κ1) is 17.4. The van der Waals surface area contributed by atoms with Gasteiger partial charge in [-0.05, 0) is 37.1 Å². The lowest BCUT2D eigenvalue weighted by Crippen LogP contribution is -2.38. The molecule has 2 atom stereocenters. The van der Waals surface area contributed by atoms with Crippen molar-refractivity contribution in [2.24, 2.45) is 17.6 Å². The summed E-state index contributed by atoms with van der Waals surface area (Å²) in [5.74, 6) is -0.569. The molecule has 2 unspecified atom stereocenters. The molecule has 0 bridgehead atoms. The van der Waals surface area contributed by atoms with Crippen LogP contribution in [0.5, 0.6) is 5.75 Å². The van der Waals surface area contributed by atoms with Crippen molar-refractivity contribution in [2.45, 2.75) is 25.7 Å². The molecule has 1 aromatic rings. The van der Waals surface area contributed by atoms with Crippen molar-refractivity contribution in [2.75, 3.05) is 25.0 Å². The van der Waals surface area contributed by atoms with E-state index < -0.39 is 0 Å². The van der Waals surface area contributed by atoms with Crippen LogP contribution in [0.25, 0.3) is 0 Å². The Hall–Kier alpha value is -2.41. The topological polar surface area (TPSA) is 102 Å². The van der Waals surface area contributed by atoms with Crippen molar-refractivity contribution in [1.29, 1.82) is 0 Å². The number of hydrogen-bond donors (Lipinski definition) is 2. The maximum absolute atomic E-state index is 12.4. The normalized spacial score (nSPS) is 22.7. The lowest BCUT2D eigenvalue weighted by Gasteiger charge is -2.19. The summed E-state index contributed by atoms with van der Waals surface area (Å²) in [6.07, 6.45) is 3.44. The number of nitrogens with one attached hydrogen (secondary N) is 1. The molecule has 7 nitrogen and oxygen atoms in total. The number of carbonyl (C=O) groups is 3. The van der Waals surface area contributed by atoms with Gasteiger partial charge in [0.15, 0.2) is 0 Å². The molecule has 1 aliphatic heterocycles. The number of nitrogens with zero attached hydrogens (tertiary/aromatic N) is 1. The highest BCUT2D eigenvalue weighted by Crippen LogP contribution is 2.37. The molecule has 134 valence electrons. The quantitative estimate of drug-likeness (QED) is 0.753. The molecule has 3 amide bonds. The van der Waals surface area contributed by atoms with Crippen LogP contribution in [-0.2, 0) is 14.4 Å². The molecule has 1 heterocycles. The second-order valence-electron chi connectivity index (χ2n) is 6.47. The SMILES string of the molecule is NCCOc1ccc(NC(=O)CN2C(=O)C3CCCCC3C2=O)cc1. The van der Waals surface area contributed by atoms with E-state index in [0.717, 1.165) is 30.6 Å². The van der Waals surface area contributed by atoms with Gasteiger partial charge in [0.2, 0.25) is 17.7 Å². The molecule has 1 aliphatic carbocycles. The fraction of sp³-hybridized carbons (Fsp3) is 0.500. The standard InChI is InChI=1S/C18H23N3O4/c19-9-10-25-13-7-5-12(6-8-13)20-16(22)11-21-17(23)14-3-1-2-4-15(14)18(21)24/h5-8,14-15H,1-4,9-11,19H2,(H,20,22). The molecule has 1 saturated heterocycles. The smallest absolute Gasteiger partial charge is 0.244 e. The Bertz CT molecular complexity index is 635. The van der Waals surface area contributed by atoms with Crippen molar-refractivity contribution >= 4 is 23.4 Å². The van der Waals surface area contributed by atoms with Gasteiger partial charge in [-0.25, -0.2) is 0 Å². The molecule has 25 heavy (non-hydrogen) atoms. The van der Waals surface area contributed by atoms with Crippen LogP contribution in [0.1, 0.15) is 25.7 Å². The highest BCUT2D eigenvalue weighted by atomic mass is 16.5. The average molecular weight is 345 g/mol. The van der Waals surface area contributed by atoms with Crippen molar-refractivity contribution in [1.82, 2.24) is 4.90 Å². The van der Waals surface area contributed by atoms with E-state index in [4.69, 9.17) is 10.5 Å². The number of benzene rings is 1. The van der Waals surface area contributed by atoms with Gasteiger partial charge >= 0.3 is 0 Å². The molecule has 7 heteroatoms. The van der Waals surface area contributed by atoms with Crippen LogP contribution in [-0.4, -0.2) is 42.3 Å². The summed E-state index contributed by atoms with van der Waals surface area (Å²) in [6.45, 7) is 0.627. The fourth-order valence-corrected chi connectivity index (χ4v) is 3.54. The zero-order valence-electron chi connectivity index (χ0n) is 14.1. The van der Waals surface area contributed by atoms with Gasteiger partial charge in [0.05, 0.1) is 11.8 Å². The zero-order chi connectivity index (χ0) is 17.8. The Morgan fingerprint density at radius 2 is 1.72 bits per heavy atom. The Morgan fingerprint density at radius 3 is 2.28 bits per heavy atom. The van der Waals surface area contributed by atoms with Crippen LogP contribution >= 0.6 is 0 Å². The Balaban J connectivity index is 1.57. The number of ether oxygens (including phenoxy) is 1. The Kier molecular flexibility index (Phi) is 5.33. The molecule has 2 aliphatic rings. The van der Waals surface area contributed by atoms with Gasteiger partial charge in [0, 0.05) is 12.2 Å². The second-order valence-corrected chi connectivity index (χ2v) is 6.47. The number of rotatable bonds is 6. The molecule has 3 N–H and O–H groups in total. The summed E-state index contributed by atoms with van der Waals surface area (Å²) in [4.78, 5) is 38.1. The molecule has 2 fully saturated rings. The maximum Gasteiger partial charge on any atom is 0.244 e. The highest BCUT2D eigenvalue weighted by molar-refractivity contribution is 6.08. The first-order valence-electron chi connectivity index (χ1n) is 8.68. The van der Waals surface area contributed by atoms with Crippen LogP contribution in [0.2, 0.25) is 0 Å². The van der Waals surface area contributed by atoms with E-state index in [1.807, 2.05) is 0 Å². The maximum atomic E-state index is 12.4. The van der Waals surface area contributed by atoms with E-state index in [0.29, 0.717) is 24.6 Å². The van der Waals surface area contributed by atoms with Gasteiger partial charge in [-0.1, -0.05) is 12.8 Å². The second kappa shape index (κ2) is 7.65. The van der Waals surface area contributed by atoms with Gasteiger partial charge in [0.25, 0.3) is 0 Å². The molecule has 0 aromatic heterocycles. The lowest BCUT2D eigenvalue weighted by atomic mass is 9.81.